The molecule has 5 nitrogen and oxygen atoms in total. The van der Waals surface area contributed by atoms with E-state index in [0.717, 1.165) is 6.42 Å². The Kier molecular flexibility index (Phi) is 4.74. The molecule has 0 heterocycles. The Bertz CT molecular complexity index is 535. The maximum absolute atomic E-state index is 12.0. The molecule has 0 radical (unpaired) electrons. The summed E-state index contributed by atoms with van der Waals surface area (Å²) < 4.78 is 10.0. The lowest BCUT2D eigenvalue weighted by Crippen LogP contribution is -2.45. The molecule has 0 aromatic heterocycles. The molecule has 2 rings (SSSR count). The van der Waals surface area contributed by atoms with Gasteiger partial charge in [0.25, 0.3) is 0 Å². The van der Waals surface area contributed by atoms with E-state index in [2.05, 4.69) is 5.32 Å². The highest BCUT2D eigenvalue weighted by Crippen LogP contribution is 2.49. The molecule has 1 aromatic rings. The number of benzene rings is 1. The van der Waals surface area contributed by atoms with Gasteiger partial charge in [0.05, 0.1) is 7.11 Å². The summed E-state index contributed by atoms with van der Waals surface area (Å²) in [4.78, 5) is 23.9. The van der Waals surface area contributed by atoms with Crippen molar-refractivity contribution in [3.05, 3.63) is 35.9 Å². The lowest BCUT2D eigenvalue weighted by Gasteiger charge is -2.22. The predicted octanol–water partition coefficient (Wildman–Crippen LogP) is 2.86. The van der Waals surface area contributed by atoms with E-state index in [4.69, 9.17) is 9.47 Å². The van der Waals surface area contributed by atoms with E-state index in [0.29, 0.717) is 0 Å². The van der Waals surface area contributed by atoms with Crippen molar-refractivity contribution >= 4 is 12.1 Å². The summed E-state index contributed by atoms with van der Waals surface area (Å²) in [7, 11) is 1.33. The Balaban J connectivity index is 2.03. The summed E-state index contributed by atoms with van der Waals surface area (Å²) in [5, 5.41) is 2.65. The molecule has 1 aliphatic rings. The zero-order valence-electron chi connectivity index (χ0n) is 13.5. The topological polar surface area (TPSA) is 64.6 Å². The molecule has 0 spiro atoms. The average molecular weight is 305 g/mol. The summed E-state index contributed by atoms with van der Waals surface area (Å²) in [6.45, 7) is 5.34. The standard InChI is InChI=1S/C17H23NO4/c1-17(2,3)22-16(20)18-14(15(19)21-4)13-10-12(13)11-8-6-5-7-9-11/h5-9,12-14H,10H2,1-4H3,(H,18,20)/t12-,13+,14+/m0/s1. The molecule has 120 valence electrons. The maximum atomic E-state index is 12.0. The minimum absolute atomic E-state index is 0.0439. The van der Waals surface area contributed by atoms with E-state index in [1.165, 1.54) is 12.7 Å². The van der Waals surface area contributed by atoms with Crippen LogP contribution in [-0.2, 0) is 14.3 Å². The van der Waals surface area contributed by atoms with Crippen LogP contribution < -0.4 is 5.32 Å². The SMILES string of the molecule is COC(=O)[C@H](NC(=O)OC(C)(C)C)[C@@H]1C[C@H]1c1ccccc1. The first-order chi connectivity index (χ1) is 10.3. The minimum Gasteiger partial charge on any atom is -0.467 e. The first-order valence-corrected chi connectivity index (χ1v) is 7.44. The first kappa shape index (κ1) is 16.3. The van der Waals surface area contributed by atoms with Crippen LogP contribution in [0.25, 0.3) is 0 Å². The third-order valence-electron chi connectivity index (χ3n) is 3.62. The number of methoxy groups -OCH3 is 1. The van der Waals surface area contributed by atoms with E-state index < -0.39 is 23.7 Å². The molecule has 1 amide bonds. The highest BCUT2D eigenvalue weighted by atomic mass is 16.6. The average Bonchev–Trinajstić information content (AvgIpc) is 3.23. The smallest absolute Gasteiger partial charge is 0.408 e. The molecule has 1 N–H and O–H groups in total. The summed E-state index contributed by atoms with van der Waals surface area (Å²) in [6, 6.07) is 9.29. The fourth-order valence-corrected chi connectivity index (χ4v) is 2.57. The zero-order chi connectivity index (χ0) is 16.3. The van der Waals surface area contributed by atoms with Crippen LogP contribution in [0, 0.1) is 5.92 Å². The van der Waals surface area contributed by atoms with Gasteiger partial charge in [-0.15, -0.1) is 0 Å². The molecule has 0 unspecified atom stereocenters. The first-order valence-electron chi connectivity index (χ1n) is 7.44. The van der Waals surface area contributed by atoms with Crippen LogP contribution in [0.3, 0.4) is 0 Å². The van der Waals surface area contributed by atoms with Crippen molar-refractivity contribution in [2.75, 3.05) is 7.11 Å². The molecular formula is C17H23NO4. The van der Waals surface area contributed by atoms with Gasteiger partial charge in [-0.05, 0) is 44.6 Å². The third-order valence-corrected chi connectivity index (χ3v) is 3.62. The Hall–Kier alpha value is -2.04. The molecule has 0 aliphatic heterocycles. The number of esters is 1. The lowest BCUT2D eigenvalue weighted by atomic mass is 10.1. The van der Waals surface area contributed by atoms with Crippen molar-refractivity contribution in [2.45, 2.75) is 44.8 Å². The fraction of sp³-hybridized carbons (Fsp3) is 0.529. The van der Waals surface area contributed by atoms with Crippen molar-refractivity contribution in [3.8, 4) is 0 Å². The molecule has 1 fully saturated rings. The van der Waals surface area contributed by atoms with Gasteiger partial charge in [0.15, 0.2) is 0 Å². The second kappa shape index (κ2) is 6.38. The van der Waals surface area contributed by atoms with Crippen LogP contribution in [0.5, 0.6) is 0 Å². The highest BCUT2D eigenvalue weighted by Gasteiger charge is 2.48. The number of hydrogen-bond donors (Lipinski definition) is 1. The monoisotopic (exact) mass is 305 g/mol. The summed E-state index contributed by atoms with van der Waals surface area (Å²) >= 11 is 0. The summed E-state index contributed by atoms with van der Waals surface area (Å²) in [6.07, 6.45) is 0.251. The van der Waals surface area contributed by atoms with E-state index in [1.54, 1.807) is 20.8 Å². The van der Waals surface area contributed by atoms with Crippen molar-refractivity contribution in [2.24, 2.45) is 5.92 Å². The number of alkyl carbamates (subject to hydrolysis) is 1. The van der Waals surface area contributed by atoms with E-state index >= 15 is 0 Å². The van der Waals surface area contributed by atoms with Crippen LogP contribution >= 0.6 is 0 Å². The maximum Gasteiger partial charge on any atom is 0.408 e. The third kappa shape index (κ3) is 4.23. The van der Waals surface area contributed by atoms with Crippen LogP contribution in [0.15, 0.2) is 30.3 Å². The fourth-order valence-electron chi connectivity index (χ4n) is 2.57. The van der Waals surface area contributed by atoms with Gasteiger partial charge in [0.1, 0.15) is 11.6 Å². The zero-order valence-corrected chi connectivity index (χ0v) is 13.5. The van der Waals surface area contributed by atoms with Gasteiger partial charge in [-0.3, -0.25) is 0 Å². The number of nitrogens with one attached hydrogen (secondary N) is 1. The predicted molar refractivity (Wildman–Crippen MR) is 82.5 cm³/mol. The molecule has 1 aliphatic carbocycles. The summed E-state index contributed by atoms with van der Waals surface area (Å²) in [5.74, 6) is -0.128. The van der Waals surface area contributed by atoms with Crippen molar-refractivity contribution in [3.63, 3.8) is 0 Å². The van der Waals surface area contributed by atoms with Crippen molar-refractivity contribution in [1.82, 2.24) is 5.32 Å². The number of amides is 1. The number of carbonyl (C=O) groups is 2. The number of rotatable bonds is 4. The van der Waals surface area contributed by atoms with E-state index in [1.807, 2.05) is 30.3 Å². The van der Waals surface area contributed by atoms with Crippen LogP contribution in [0.1, 0.15) is 38.7 Å². The van der Waals surface area contributed by atoms with E-state index in [-0.39, 0.29) is 11.8 Å². The number of ether oxygens (including phenoxy) is 2. The Labute approximate surface area is 131 Å². The molecule has 22 heavy (non-hydrogen) atoms. The molecular weight excluding hydrogens is 282 g/mol. The van der Waals surface area contributed by atoms with Gasteiger partial charge in [-0.2, -0.15) is 0 Å². The van der Waals surface area contributed by atoms with Crippen LogP contribution in [0.2, 0.25) is 0 Å². The highest BCUT2D eigenvalue weighted by molar-refractivity contribution is 5.82. The normalized spacial score (nSPS) is 21.6. The van der Waals surface area contributed by atoms with Crippen molar-refractivity contribution < 1.29 is 19.1 Å². The quantitative estimate of drug-likeness (QED) is 0.869. The molecule has 5 heteroatoms. The molecule has 1 aromatic carbocycles. The van der Waals surface area contributed by atoms with Gasteiger partial charge in [0.2, 0.25) is 0 Å². The lowest BCUT2D eigenvalue weighted by molar-refractivity contribution is -0.143. The van der Waals surface area contributed by atoms with Gasteiger partial charge < -0.3 is 14.8 Å². The van der Waals surface area contributed by atoms with E-state index in [9.17, 15) is 9.59 Å². The Morgan fingerprint density at radius 3 is 2.41 bits per heavy atom. The molecule has 3 atom stereocenters. The van der Waals surface area contributed by atoms with Crippen LogP contribution in [-0.4, -0.2) is 30.8 Å². The Morgan fingerprint density at radius 1 is 1.23 bits per heavy atom. The largest absolute Gasteiger partial charge is 0.467 e. The van der Waals surface area contributed by atoms with Gasteiger partial charge in [-0.25, -0.2) is 9.59 Å². The summed E-state index contributed by atoms with van der Waals surface area (Å²) in [5.41, 5.74) is 0.569. The second-order valence-corrected chi connectivity index (χ2v) is 6.56. The Morgan fingerprint density at radius 2 is 1.86 bits per heavy atom. The second-order valence-electron chi connectivity index (χ2n) is 6.56. The molecule has 1 saturated carbocycles. The van der Waals surface area contributed by atoms with Crippen molar-refractivity contribution in [1.29, 1.82) is 0 Å². The van der Waals surface area contributed by atoms with Gasteiger partial charge in [0, 0.05) is 0 Å². The minimum atomic E-state index is -0.676. The molecule has 0 saturated heterocycles. The number of carbonyl (C=O) groups excluding carboxylic acids is 2. The van der Waals surface area contributed by atoms with Gasteiger partial charge >= 0.3 is 12.1 Å². The van der Waals surface area contributed by atoms with Gasteiger partial charge in [-0.1, -0.05) is 30.3 Å². The molecule has 0 bridgehead atoms. The van der Waals surface area contributed by atoms with Crippen LogP contribution in [0.4, 0.5) is 4.79 Å². The number of hydrogen-bond acceptors (Lipinski definition) is 4.